The molecule has 0 N–H and O–H groups in total. The summed E-state index contributed by atoms with van der Waals surface area (Å²) in [6, 6.07) is 0. The van der Waals surface area contributed by atoms with Gasteiger partial charge >= 0.3 is 0 Å². The van der Waals surface area contributed by atoms with Crippen molar-refractivity contribution >= 4 is 11.3 Å². The maximum atomic E-state index is 5.37. The Kier molecular flexibility index (Phi) is 3.30. The molecule has 1 aliphatic carbocycles. The maximum absolute atomic E-state index is 5.37. The summed E-state index contributed by atoms with van der Waals surface area (Å²) in [7, 11) is 0. The average molecular weight is 304 g/mol. The zero-order valence-corrected chi connectivity index (χ0v) is 13.1. The first-order valence-electron chi connectivity index (χ1n) is 7.72. The monoisotopic (exact) mass is 304 g/mol. The lowest BCUT2D eigenvalue weighted by Gasteiger charge is -2.40. The Morgan fingerprint density at radius 2 is 2.24 bits per heavy atom. The number of hydrogen-bond acceptors (Lipinski definition) is 5. The Balaban J connectivity index is 1.49. The van der Waals surface area contributed by atoms with Gasteiger partial charge in [-0.2, -0.15) is 0 Å². The second kappa shape index (κ2) is 5.18. The van der Waals surface area contributed by atoms with Crippen LogP contribution in [0.25, 0.3) is 11.4 Å². The number of thiazole rings is 1. The lowest BCUT2D eigenvalue weighted by atomic mass is 9.83. The van der Waals surface area contributed by atoms with Gasteiger partial charge < -0.3 is 4.74 Å². The predicted octanol–water partition coefficient (Wildman–Crippen LogP) is 3.10. The SMILES string of the molecule is CCC1(Cn2cc(-c3csc(C4CCC4)n3)nn2)COC1. The first-order chi connectivity index (χ1) is 10.3. The van der Waals surface area contributed by atoms with Gasteiger partial charge in [-0.1, -0.05) is 18.6 Å². The van der Waals surface area contributed by atoms with E-state index in [-0.39, 0.29) is 5.41 Å². The second-order valence-electron chi connectivity index (χ2n) is 6.35. The molecule has 0 aromatic carbocycles. The molecule has 1 saturated heterocycles. The zero-order chi connectivity index (χ0) is 14.3. The summed E-state index contributed by atoms with van der Waals surface area (Å²) in [4.78, 5) is 4.74. The Hall–Kier alpha value is -1.27. The first-order valence-corrected chi connectivity index (χ1v) is 8.60. The quantitative estimate of drug-likeness (QED) is 0.852. The Bertz CT molecular complexity index is 622. The minimum atomic E-state index is 0.254. The minimum Gasteiger partial charge on any atom is -0.380 e. The zero-order valence-electron chi connectivity index (χ0n) is 12.3. The maximum Gasteiger partial charge on any atom is 0.132 e. The van der Waals surface area contributed by atoms with Gasteiger partial charge in [0.05, 0.1) is 31.0 Å². The summed E-state index contributed by atoms with van der Waals surface area (Å²) in [5.41, 5.74) is 2.12. The van der Waals surface area contributed by atoms with Gasteiger partial charge in [0.25, 0.3) is 0 Å². The van der Waals surface area contributed by atoms with E-state index in [0.717, 1.165) is 37.6 Å². The largest absolute Gasteiger partial charge is 0.380 e. The molecule has 0 atom stereocenters. The molecule has 2 fully saturated rings. The van der Waals surface area contributed by atoms with Crippen molar-refractivity contribution < 1.29 is 4.74 Å². The topological polar surface area (TPSA) is 52.8 Å². The average Bonchev–Trinajstić information content (AvgIpc) is 3.00. The summed E-state index contributed by atoms with van der Waals surface area (Å²) >= 11 is 1.76. The summed E-state index contributed by atoms with van der Waals surface area (Å²) < 4.78 is 7.32. The van der Waals surface area contributed by atoms with Crippen LogP contribution >= 0.6 is 11.3 Å². The van der Waals surface area contributed by atoms with Crippen LogP contribution in [0.5, 0.6) is 0 Å². The van der Waals surface area contributed by atoms with Gasteiger partial charge in [-0.25, -0.2) is 4.98 Å². The van der Waals surface area contributed by atoms with E-state index in [0.29, 0.717) is 5.92 Å². The molecule has 1 aliphatic heterocycles. The van der Waals surface area contributed by atoms with Crippen molar-refractivity contribution in [1.82, 2.24) is 20.0 Å². The van der Waals surface area contributed by atoms with Crippen LogP contribution in [0, 0.1) is 5.41 Å². The number of rotatable bonds is 5. The third-order valence-electron chi connectivity index (χ3n) is 4.84. The fourth-order valence-corrected chi connectivity index (χ4v) is 3.87. The van der Waals surface area contributed by atoms with Crippen LogP contribution in [-0.4, -0.2) is 33.2 Å². The van der Waals surface area contributed by atoms with E-state index in [9.17, 15) is 0 Å². The first kappa shape index (κ1) is 13.4. The molecule has 1 saturated carbocycles. The van der Waals surface area contributed by atoms with Gasteiger partial charge in [-0.3, -0.25) is 4.68 Å². The third kappa shape index (κ3) is 2.40. The van der Waals surface area contributed by atoms with E-state index in [1.165, 1.54) is 24.3 Å². The molecular weight excluding hydrogens is 284 g/mol. The molecule has 21 heavy (non-hydrogen) atoms. The molecule has 2 aliphatic rings. The molecule has 0 unspecified atom stereocenters. The van der Waals surface area contributed by atoms with E-state index < -0.39 is 0 Å². The number of ether oxygens (including phenoxy) is 1. The highest BCUT2D eigenvalue weighted by molar-refractivity contribution is 7.10. The summed E-state index contributed by atoms with van der Waals surface area (Å²) in [6.45, 7) is 4.77. The van der Waals surface area contributed by atoms with Gasteiger partial charge in [0.1, 0.15) is 11.4 Å². The molecule has 4 rings (SSSR count). The summed E-state index contributed by atoms with van der Waals surface area (Å²) in [5, 5.41) is 11.9. The van der Waals surface area contributed by atoms with Crippen LogP contribution in [-0.2, 0) is 11.3 Å². The Labute approximate surface area is 128 Å². The minimum absolute atomic E-state index is 0.254. The Morgan fingerprint density at radius 3 is 2.86 bits per heavy atom. The standard InChI is InChI=1S/C15H20N4OS/c1-2-15(9-20-10-15)8-19-6-12(17-18-19)13-7-21-14(16-13)11-4-3-5-11/h6-7,11H,2-5,8-10H2,1H3. The molecule has 2 aromatic rings. The fraction of sp³-hybridized carbons (Fsp3) is 0.667. The summed E-state index contributed by atoms with van der Waals surface area (Å²) in [5.74, 6) is 0.689. The number of hydrogen-bond donors (Lipinski definition) is 0. The molecule has 0 radical (unpaired) electrons. The molecule has 0 amide bonds. The van der Waals surface area contributed by atoms with Crippen molar-refractivity contribution in [2.24, 2.45) is 5.41 Å². The van der Waals surface area contributed by atoms with Gasteiger partial charge in [-0.15, -0.1) is 16.4 Å². The van der Waals surface area contributed by atoms with Gasteiger partial charge in [-0.05, 0) is 19.3 Å². The fourth-order valence-electron chi connectivity index (χ4n) is 2.88. The van der Waals surface area contributed by atoms with E-state index in [4.69, 9.17) is 9.72 Å². The van der Waals surface area contributed by atoms with Crippen LogP contribution in [0.15, 0.2) is 11.6 Å². The highest BCUT2D eigenvalue weighted by Crippen LogP contribution is 2.39. The van der Waals surface area contributed by atoms with E-state index >= 15 is 0 Å². The van der Waals surface area contributed by atoms with Crippen molar-refractivity contribution in [3.05, 3.63) is 16.6 Å². The van der Waals surface area contributed by atoms with Crippen molar-refractivity contribution in [3.63, 3.8) is 0 Å². The molecule has 0 spiro atoms. The molecule has 2 aromatic heterocycles. The lowest BCUT2D eigenvalue weighted by molar-refractivity contribution is -0.125. The van der Waals surface area contributed by atoms with Crippen LogP contribution in [0.3, 0.4) is 0 Å². The molecule has 0 bridgehead atoms. The van der Waals surface area contributed by atoms with Crippen LogP contribution in [0.4, 0.5) is 0 Å². The molecule has 5 nitrogen and oxygen atoms in total. The van der Waals surface area contributed by atoms with Crippen molar-refractivity contribution in [3.8, 4) is 11.4 Å². The van der Waals surface area contributed by atoms with Crippen molar-refractivity contribution in [2.75, 3.05) is 13.2 Å². The van der Waals surface area contributed by atoms with Crippen LogP contribution in [0.1, 0.15) is 43.5 Å². The molecule has 3 heterocycles. The summed E-state index contributed by atoms with van der Waals surface area (Å²) in [6.07, 6.45) is 7.06. The van der Waals surface area contributed by atoms with Gasteiger partial charge in [0, 0.05) is 16.7 Å². The smallest absolute Gasteiger partial charge is 0.132 e. The number of aromatic nitrogens is 4. The third-order valence-corrected chi connectivity index (χ3v) is 5.85. The highest BCUT2D eigenvalue weighted by atomic mass is 32.1. The molecule has 112 valence electrons. The predicted molar refractivity (Wildman–Crippen MR) is 81.3 cm³/mol. The van der Waals surface area contributed by atoms with Crippen molar-refractivity contribution in [1.29, 1.82) is 0 Å². The van der Waals surface area contributed by atoms with E-state index in [2.05, 4.69) is 22.6 Å². The van der Waals surface area contributed by atoms with Crippen molar-refractivity contribution in [2.45, 2.75) is 45.1 Å². The normalized spacial score (nSPS) is 21.0. The van der Waals surface area contributed by atoms with E-state index in [1.807, 2.05) is 10.9 Å². The van der Waals surface area contributed by atoms with Gasteiger partial charge in [0.15, 0.2) is 0 Å². The number of nitrogens with zero attached hydrogens (tertiary/aromatic N) is 4. The van der Waals surface area contributed by atoms with Gasteiger partial charge in [0.2, 0.25) is 0 Å². The Morgan fingerprint density at radius 1 is 1.38 bits per heavy atom. The van der Waals surface area contributed by atoms with E-state index in [1.54, 1.807) is 11.3 Å². The highest BCUT2D eigenvalue weighted by Gasteiger charge is 2.37. The molecular formula is C15H20N4OS. The second-order valence-corrected chi connectivity index (χ2v) is 7.24. The molecule has 6 heteroatoms. The van der Waals surface area contributed by atoms with Crippen LogP contribution in [0.2, 0.25) is 0 Å². The lowest BCUT2D eigenvalue weighted by Crippen LogP contribution is -2.45. The van der Waals surface area contributed by atoms with Crippen LogP contribution < -0.4 is 0 Å².